The second-order valence-corrected chi connectivity index (χ2v) is 7.10. The minimum absolute atomic E-state index is 0.187. The van der Waals surface area contributed by atoms with Crippen molar-refractivity contribution in [3.63, 3.8) is 0 Å². The van der Waals surface area contributed by atoms with Crippen LogP contribution in [0.5, 0.6) is 0 Å². The topological polar surface area (TPSA) is 92.4 Å². The molecule has 0 spiro atoms. The fourth-order valence-electron chi connectivity index (χ4n) is 2.31. The number of hydrogen-bond donors (Lipinski definition) is 3. The van der Waals surface area contributed by atoms with Crippen molar-refractivity contribution in [1.29, 1.82) is 0 Å². The first-order chi connectivity index (χ1) is 9.81. The first-order valence-electron chi connectivity index (χ1n) is 7.28. The third kappa shape index (κ3) is 4.69. The highest BCUT2D eigenvalue weighted by Crippen LogP contribution is 2.27. The summed E-state index contributed by atoms with van der Waals surface area (Å²) >= 11 is 0. The summed E-state index contributed by atoms with van der Waals surface area (Å²) in [6.07, 6.45) is 3.34. The molecule has 0 aliphatic heterocycles. The predicted molar refractivity (Wildman–Crippen MR) is 85.8 cm³/mol. The maximum Gasteiger partial charge on any atom is 0.241 e. The Morgan fingerprint density at radius 2 is 1.71 bits per heavy atom. The van der Waals surface area contributed by atoms with Gasteiger partial charge in [-0.2, -0.15) is 0 Å². The van der Waals surface area contributed by atoms with E-state index in [1.54, 1.807) is 19.9 Å². The van der Waals surface area contributed by atoms with Gasteiger partial charge in [0.2, 0.25) is 10.0 Å². The highest BCUT2D eigenvalue weighted by molar-refractivity contribution is 7.89. The van der Waals surface area contributed by atoms with E-state index in [1.165, 1.54) is 0 Å². The highest BCUT2D eigenvalue weighted by Gasteiger charge is 2.21. The quantitative estimate of drug-likeness (QED) is 0.505. The summed E-state index contributed by atoms with van der Waals surface area (Å²) in [5.74, 6) is 0. The molecule has 0 heterocycles. The summed E-state index contributed by atoms with van der Waals surface area (Å²) in [4.78, 5) is 0.301. The lowest BCUT2D eigenvalue weighted by Crippen LogP contribution is -2.26. The van der Waals surface area contributed by atoms with Gasteiger partial charge in [0, 0.05) is 18.8 Å². The number of hydrogen-bond acceptors (Lipinski definition) is 4. The Morgan fingerprint density at radius 1 is 1.10 bits per heavy atom. The molecular formula is C15H26N2O3S. The molecule has 0 saturated carbocycles. The van der Waals surface area contributed by atoms with Crippen molar-refractivity contribution in [2.45, 2.75) is 51.3 Å². The number of nitrogen functional groups attached to an aromatic ring is 1. The smallest absolute Gasteiger partial charge is 0.241 e. The van der Waals surface area contributed by atoms with Crippen LogP contribution in [0.3, 0.4) is 0 Å². The van der Waals surface area contributed by atoms with E-state index in [9.17, 15) is 8.42 Å². The molecule has 0 saturated heterocycles. The van der Waals surface area contributed by atoms with Gasteiger partial charge < -0.3 is 10.8 Å². The summed E-state index contributed by atoms with van der Waals surface area (Å²) < 4.78 is 27.6. The standard InChI is InChI=1S/C15H26N2O3S/c1-11-10-14(16)13(3)15(12(11)2)21(19,20)17-8-6-4-5-7-9-18/h10,17-18H,4-9,16H2,1-3H3. The van der Waals surface area contributed by atoms with Gasteiger partial charge in [0.15, 0.2) is 0 Å². The molecular weight excluding hydrogens is 288 g/mol. The van der Waals surface area contributed by atoms with Crippen LogP contribution >= 0.6 is 0 Å². The maximum absolute atomic E-state index is 12.5. The molecule has 6 heteroatoms. The van der Waals surface area contributed by atoms with E-state index in [2.05, 4.69) is 4.72 Å². The number of aliphatic hydroxyl groups is 1. The predicted octanol–water partition coefficient (Wildman–Crippen LogP) is 2.03. The zero-order chi connectivity index (χ0) is 16.0. The third-order valence-corrected chi connectivity index (χ3v) is 5.46. The largest absolute Gasteiger partial charge is 0.398 e. The van der Waals surface area contributed by atoms with Crippen LogP contribution in [0.15, 0.2) is 11.0 Å². The molecule has 0 atom stereocenters. The number of aliphatic hydroxyl groups excluding tert-OH is 1. The third-order valence-electron chi connectivity index (χ3n) is 3.72. The first-order valence-corrected chi connectivity index (χ1v) is 8.76. The Bertz CT molecular complexity index is 557. The molecule has 0 aliphatic rings. The van der Waals surface area contributed by atoms with Crippen LogP contribution in [0, 0.1) is 20.8 Å². The van der Waals surface area contributed by atoms with E-state index in [4.69, 9.17) is 10.8 Å². The van der Waals surface area contributed by atoms with Crippen molar-refractivity contribution < 1.29 is 13.5 Å². The van der Waals surface area contributed by atoms with E-state index in [-0.39, 0.29) is 6.61 Å². The number of sulfonamides is 1. The molecule has 0 fully saturated rings. The molecule has 1 aromatic carbocycles. The Hall–Kier alpha value is -1.11. The molecule has 0 unspecified atom stereocenters. The lowest BCUT2D eigenvalue weighted by atomic mass is 10.1. The maximum atomic E-state index is 12.5. The number of rotatable bonds is 8. The summed E-state index contributed by atoms with van der Waals surface area (Å²) in [5, 5.41) is 8.69. The van der Waals surface area contributed by atoms with Crippen LogP contribution < -0.4 is 10.5 Å². The van der Waals surface area contributed by atoms with E-state index >= 15 is 0 Å². The molecule has 0 radical (unpaired) electrons. The monoisotopic (exact) mass is 314 g/mol. The van der Waals surface area contributed by atoms with E-state index in [1.807, 2.05) is 6.92 Å². The van der Waals surface area contributed by atoms with Crippen LogP contribution in [0.4, 0.5) is 5.69 Å². The number of nitrogens with one attached hydrogen (secondary N) is 1. The molecule has 21 heavy (non-hydrogen) atoms. The SMILES string of the molecule is Cc1cc(N)c(C)c(S(=O)(=O)NCCCCCCO)c1C. The average molecular weight is 314 g/mol. The van der Waals surface area contributed by atoms with E-state index < -0.39 is 10.0 Å². The van der Waals surface area contributed by atoms with E-state index in [0.29, 0.717) is 22.7 Å². The summed E-state index contributed by atoms with van der Waals surface area (Å²) in [7, 11) is -3.54. The second kappa shape index (κ2) is 7.77. The van der Waals surface area contributed by atoms with Crippen molar-refractivity contribution in [2.75, 3.05) is 18.9 Å². The summed E-state index contributed by atoms with van der Waals surface area (Å²) in [5.41, 5.74) is 8.61. The zero-order valence-electron chi connectivity index (χ0n) is 13.1. The molecule has 1 rings (SSSR count). The van der Waals surface area contributed by atoms with Gasteiger partial charge in [-0.3, -0.25) is 0 Å². The molecule has 120 valence electrons. The Labute approximate surface area is 127 Å². The van der Waals surface area contributed by atoms with Crippen molar-refractivity contribution >= 4 is 15.7 Å². The molecule has 4 N–H and O–H groups in total. The molecule has 0 bridgehead atoms. The number of nitrogens with two attached hydrogens (primary N) is 1. The molecule has 1 aromatic rings. The lowest BCUT2D eigenvalue weighted by molar-refractivity contribution is 0.282. The Kier molecular flexibility index (Phi) is 6.64. The molecule has 0 aromatic heterocycles. The number of unbranched alkanes of at least 4 members (excludes halogenated alkanes) is 3. The van der Waals surface area contributed by atoms with Crippen LogP contribution in [0.25, 0.3) is 0 Å². The Morgan fingerprint density at radius 3 is 2.33 bits per heavy atom. The second-order valence-electron chi connectivity index (χ2n) is 5.40. The number of anilines is 1. The van der Waals surface area contributed by atoms with Crippen molar-refractivity contribution in [2.24, 2.45) is 0 Å². The van der Waals surface area contributed by atoms with E-state index in [0.717, 1.165) is 36.8 Å². The van der Waals surface area contributed by atoms with Crippen LogP contribution in [0.2, 0.25) is 0 Å². The summed E-state index contributed by atoms with van der Waals surface area (Å²) in [6.45, 7) is 5.99. The van der Waals surface area contributed by atoms with Gasteiger partial charge in [0.05, 0.1) is 4.90 Å². The van der Waals surface area contributed by atoms with Gasteiger partial charge in [-0.15, -0.1) is 0 Å². The molecule has 0 amide bonds. The molecule has 0 aliphatic carbocycles. The fraction of sp³-hybridized carbons (Fsp3) is 0.600. The first kappa shape index (κ1) is 17.9. The van der Waals surface area contributed by atoms with Gasteiger partial charge in [0.25, 0.3) is 0 Å². The lowest BCUT2D eigenvalue weighted by Gasteiger charge is -2.16. The van der Waals surface area contributed by atoms with Gasteiger partial charge in [-0.05, 0) is 56.4 Å². The van der Waals surface area contributed by atoms with Gasteiger partial charge in [-0.25, -0.2) is 13.1 Å². The zero-order valence-corrected chi connectivity index (χ0v) is 13.9. The molecule has 5 nitrogen and oxygen atoms in total. The van der Waals surface area contributed by atoms with Crippen molar-refractivity contribution in [1.82, 2.24) is 4.72 Å². The normalized spacial score (nSPS) is 11.8. The van der Waals surface area contributed by atoms with Crippen LogP contribution in [0.1, 0.15) is 42.4 Å². The highest BCUT2D eigenvalue weighted by atomic mass is 32.2. The van der Waals surface area contributed by atoms with Gasteiger partial charge in [0.1, 0.15) is 0 Å². The number of aryl methyl sites for hydroxylation is 1. The van der Waals surface area contributed by atoms with Gasteiger partial charge in [-0.1, -0.05) is 12.8 Å². The van der Waals surface area contributed by atoms with Crippen molar-refractivity contribution in [3.8, 4) is 0 Å². The van der Waals surface area contributed by atoms with Crippen LogP contribution in [-0.4, -0.2) is 26.7 Å². The van der Waals surface area contributed by atoms with Gasteiger partial charge >= 0.3 is 0 Å². The average Bonchev–Trinajstić information content (AvgIpc) is 2.40. The number of benzene rings is 1. The minimum Gasteiger partial charge on any atom is -0.398 e. The van der Waals surface area contributed by atoms with Crippen LogP contribution in [-0.2, 0) is 10.0 Å². The minimum atomic E-state index is -3.54. The Balaban J connectivity index is 2.80. The van der Waals surface area contributed by atoms with Crippen molar-refractivity contribution in [3.05, 3.63) is 22.8 Å². The fourth-order valence-corrected chi connectivity index (χ4v) is 3.96. The summed E-state index contributed by atoms with van der Waals surface area (Å²) in [6, 6.07) is 1.80.